The fourth-order valence-corrected chi connectivity index (χ4v) is 6.11. The van der Waals surface area contributed by atoms with Gasteiger partial charge in [0, 0.05) is 33.5 Å². The van der Waals surface area contributed by atoms with E-state index in [0.717, 1.165) is 22.7 Å². The monoisotopic (exact) mass is 510 g/mol. The van der Waals surface area contributed by atoms with Crippen molar-refractivity contribution in [2.24, 2.45) is 0 Å². The number of rotatable bonds is 4. The first-order chi connectivity index (χ1) is 19.8. The lowest BCUT2D eigenvalue weighted by Gasteiger charge is -2.26. The van der Waals surface area contributed by atoms with Crippen LogP contribution in [0, 0.1) is 0 Å². The molecule has 0 fully saturated rings. The number of anilines is 3. The van der Waals surface area contributed by atoms with E-state index in [-0.39, 0.29) is 0 Å². The maximum Gasteiger partial charge on any atom is 0.0547 e. The van der Waals surface area contributed by atoms with Crippen LogP contribution >= 0.6 is 0 Å². The quantitative estimate of drug-likeness (QED) is 0.229. The Hall–Kier alpha value is -5.34. The van der Waals surface area contributed by atoms with Crippen molar-refractivity contribution < 1.29 is 0 Å². The van der Waals surface area contributed by atoms with Gasteiger partial charge in [0.2, 0.25) is 0 Å². The Morgan fingerprint density at radius 1 is 0.375 bits per heavy atom. The minimum atomic E-state index is 1.12. The third-order valence-electron chi connectivity index (χ3n) is 7.93. The Morgan fingerprint density at radius 2 is 0.975 bits per heavy atom. The van der Waals surface area contributed by atoms with Gasteiger partial charge < -0.3 is 9.47 Å². The SMILES string of the molecule is c1ccc(N(c2ccc(-n3c4ccccc4c4c5ccccc5ccc43)cc2)c2ccc3ccccc3c2)cc1. The van der Waals surface area contributed by atoms with Gasteiger partial charge in [0.05, 0.1) is 11.0 Å². The van der Waals surface area contributed by atoms with Crippen LogP contribution in [-0.4, -0.2) is 4.57 Å². The van der Waals surface area contributed by atoms with Crippen LogP contribution in [0.15, 0.2) is 158 Å². The highest BCUT2D eigenvalue weighted by Gasteiger charge is 2.16. The average molecular weight is 511 g/mol. The number of nitrogens with zero attached hydrogens (tertiary/aromatic N) is 2. The molecule has 8 rings (SSSR count). The van der Waals surface area contributed by atoms with Gasteiger partial charge in [-0.15, -0.1) is 0 Å². The zero-order valence-corrected chi connectivity index (χ0v) is 21.9. The van der Waals surface area contributed by atoms with E-state index in [2.05, 4.69) is 167 Å². The number of hydrogen-bond acceptors (Lipinski definition) is 1. The Labute approximate surface area is 233 Å². The summed E-state index contributed by atoms with van der Waals surface area (Å²) >= 11 is 0. The smallest absolute Gasteiger partial charge is 0.0547 e. The van der Waals surface area contributed by atoms with Crippen molar-refractivity contribution in [3.63, 3.8) is 0 Å². The van der Waals surface area contributed by atoms with Gasteiger partial charge in [-0.1, -0.05) is 97.1 Å². The molecule has 7 aromatic carbocycles. The largest absolute Gasteiger partial charge is 0.310 e. The third-order valence-corrected chi connectivity index (χ3v) is 7.93. The van der Waals surface area contributed by atoms with Crippen LogP contribution in [0.5, 0.6) is 0 Å². The molecule has 1 heterocycles. The minimum Gasteiger partial charge on any atom is -0.310 e. The number of fused-ring (bicyclic) bond motifs is 6. The summed E-state index contributed by atoms with van der Waals surface area (Å²) in [7, 11) is 0. The molecule has 0 bridgehead atoms. The van der Waals surface area contributed by atoms with Gasteiger partial charge in [-0.3, -0.25) is 0 Å². The highest BCUT2D eigenvalue weighted by molar-refractivity contribution is 6.21. The van der Waals surface area contributed by atoms with E-state index >= 15 is 0 Å². The van der Waals surface area contributed by atoms with Crippen LogP contribution in [0.4, 0.5) is 17.1 Å². The molecule has 0 aliphatic carbocycles. The molecule has 0 spiro atoms. The molecule has 40 heavy (non-hydrogen) atoms. The molecule has 0 amide bonds. The summed E-state index contributed by atoms with van der Waals surface area (Å²) in [6, 6.07) is 56.7. The third kappa shape index (κ3) is 3.58. The predicted molar refractivity (Wildman–Crippen MR) is 170 cm³/mol. The van der Waals surface area contributed by atoms with Gasteiger partial charge >= 0.3 is 0 Å². The van der Waals surface area contributed by atoms with Crippen molar-refractivity contribution in [3.05, 3.63) is 158 Å². The van der Waals surface area contributed by atoms with Crippen molar-refractivity contribution in [2.75, 3.05) is 4.90 Å². The normalized spacial score (nSPS) is 11.5. The van der Waals surface area contributed by atoms with E-state index in [1.807, 2.05) is 0 Å². The summed E-state index contributed by atoms with van der Waals surface area (Å²) < 4.78 is 2.39. The number of benzene rings is 7. The van der Waals surface area contributed by atoms with Gasteiger partial charge in [0.1, 0.15) is 0 Å². The van der Waals surface area contributed by atoms with Crippen LogP contribution in [-0.2, 0) is 0 Å². The van der Waals surface area contributed by atoms with Gasteiger partial charge in [0.25, 0.3) is 0 Å². The number of aromatic nitrogens is 1. The summed E-state index contributed by atoms with van der Waals surface area (Å²) in [6.07, 6.45) is 0. The molecule has 0 atom stereocenters. The standard InChI is InChI=1S/C38H26N2/c1-2-13-30(14-3-1)39(33-20-18-27-10-4-5-12-29(27)26-33)31-21-23-32(24-22-31)40-36-17-9-8-16-35(36)38-34-15-7-6-11-28(34)19-25-37(38)40/h1-26H. The first-order valence-electron chi connectivity index (χ1n) is 13.7. The van der Waals surface area contributed by atoms with Crippen LogP contribution in [0.2, 0.25) is 0 Å². The number of hydrogen-bond donors (Lipinski definition) is 0. The van der Waals surface area contributed by atoms with E-state index in [1.54, 1.807) is 0 Å². The molecule has 0 saturated heterocycles. The lowest BCUT2D eigenvalue weighted by molar-refractivity contribution is 1.17. The van der Waals surface area contributed by atoms with Gasteiger partial charge in [-0.2, -0.15) is 0 Å². The molecule has 1 aromatic heterocycles. The Kier molecular flexibility index (Phi) is 5.17. The van der Waals surface area contributed by atoms with Crippen molar-refractivity contribution in [2.45, 2.75) is 0 Å². The summed E-state index contributed by atoms with van der Waals surface area (Å²) in [6.45, 7) is 0. The second-order valence-corrected chi connectivity index (χ2v) is 10.3. The first-order valence-corrected chi connectivity index (χ1v) is 13.7. The van der Waals surface area contributed by atoms with Gasteiger partial charge in [-0.25, -0.2) is 0 Å². The molecule has 2 nitrogen and oxygen atoms in total. The van der Waals surface area contributed by atoms with Crippen molar-refractivity contribution in [1.82, 2.24) is 4.57 Å². The lowest BCUT2D eigenvalue weighted by Crippen LogP contribution is -2.10. The topological polar surface area (TPSA) is 8.17 Å². The van der Waals surface area contributed by atoms with E-state index in [4.69, 9.17) is 0 Å². The zero-order chi connectivity index (χ0) is 26.5. The van der Waals surface area contributed by atoms with E-state index in [0.29, 0.717) is 0 Å². The minimum absolute atomic E-state index is 1.12. The predicted octanol–water partition coefficient (Wildman–Crippen LogP) is 10.6. The molecule has 0 saturated carbocycles. The van der Waals surface area contributed by atoms with Gasteiger partial charge in [0.15, 0.2) is 0 Å². The van der Waals surface area contributed by atoms with Crippen LogP contribution in [0.1, 0.15) is 0 Å². The Balaban J connectivity index is 1.30. The molecular weight excluding hydrogens is 484 g/mol. The molecular formula is C38H26N2. The highest BCUT2D eigenvalue weighted by Crippen LogP contribution is 2.39. The lowest BCUT2D eigenvalue weighted by atomic mass is 10.0. The molecule has 8 aromatic rings. The van der Waals surface area contributed by atoms with Gasteiger partial charge in [-0.05, 0) is 82.2 Å². The van der Waals surface area contributed by atoms with Crippen molar-refractivity contribution >= 4 is 60.4 Å². The van der Waals surface area contributed by atoms with Crippen LogP contribution < -0.4 is 4.90 Å². The van der Waals surface area contributed by atoms with E-state index in [1.165, 1.54) is 43.4 Å². The van der Waals surface area contributed by atoms with E-state index < -0.39 is 0 Å². The molecule has 0 aliphatic rings. The summed E-state index contributed by atoms with van der Waals surface area (Å²) in [5.41, 5.74) is 6.99. The summed E-state index contributed by atoms with van der Waals surface area (Å²) in [4.78, 5) is 2.33. The molecule has 0 N–H and O–H groups in total. The first kappa shape index (κ1) is 22.6. The van der Waals surface area contributed by atoms with Crippen LogP contribution in [0.25, 0.3) is 49.0 Å². The summed E-state index contributed by atoms with van der Waals surface area (Å²) in [5.74, 6) is 0. The molecule has 0 unspecified atom stereocenters. The van der Waals surface area contributed by atoms with E-state index in [9.17, 15) is 0 Å². The Bertz CT molecular complexity index is 2160. The molecule has 2 heteroatoms. The summed E-state index contributed by atoms with van der Waals surface area (Å²) in [5, 5.41) is 7.61. The fraction of sp³-hybridized carbons (Fsp3) is 0. The fourth-order valence-electron chi connectivity index (χ4n) is 6.11. The zero-order valence-electron chi connectivity index (χ0n) is 21.9. The number of para-hydroxylation sites is 2. The molecule has 0 radical (unpaired) electrons. The second kappa shape index (κ2) is 9.14. The highest BCUT2D eigenvalue weighted by atomic mass is 15.1. The average Bonchev–Trinajstić information content (AvgIpc) is 3.37. The second-order valence-electron chi connectivity index (χ2n) is 10.3. The molecule has 0 aliphatic heterocycles. The maximum atomic E-state index is 2.39. The van der Waals surface area contributed by atoms with Crippen molar-refractivity contribution in [3.8, 4) is 5.69 Å². The Morgan fingerprint density at radius 3 is 1.80 bits per heavy atom. The maximum absolute atomic E-state index is 2.39. The van der Waals surface area contributed by atoms with Crippen LogP contribution in [0.3, 0.4) is 0 Å². The van der Waals surface area contributed by atoms with Crippen molar-refractivity contribution in [1.29, 1.82) is 0 Å². The molecule has 188 valence electrons.